The number of thiazole rings is 1. The van der Waals surface area contributed by atoms with Crippen molar-refractivity contribution in [2.24, 2.45) is 0 Å². The van der Waals surface area contributed by atoms with E-state index in [2.05, 4.69) is 4.98 Å². The maximum absolute atomic E-state index is 10.1. The lowest BCUT2D eigenvalue weighted by molar-refractivity contribution is 0.134. The van der Waals surface area contributed by atoms with Gasteiger partial charge in [-0.3, -0.25) is 0 Å². The molecule has 1 aliphatic rings. The van der Waals surface area contributed by atoms with Gasteiger partial charge in [-0.15, -0.1) is 11.3 Å². The third kappa shape index (κ3) is 2.24. The molecular weight excluding hydrogens is 234 g/mol. The van der Waals surface area contributed by atoms with E-state index in [0.717, 1.165) is 10.6 Å². The van der Waals surface area contributed by atoms with Gasteiger partial charge >= 0.3 is 0 Å². The third-order valence-electron chi connectivity index (χ3n) is 2.98. The summed E-state index contributed by atoms with van der Waals surface area (Å²) >= 11 is 1.58. The number of benzene rings is 1. The summed E-state index contributed by atoms with van der Waals surface area (Å²) in [6.07, 6.45) is 1.87. The molecule has 1 atom stereocenters. The predicted molar refractivity (Wildman–Crippen MR) is 65.7 cm³/mol. The molecule has 3 nitrogen and oxygen atoms in total. The number of fused-ring (bicyclic) bond motifs is 1. The van der Waals surface area contributed by atoms with Crippen LogP contribution < -0.4 is 0 Å². The average molecular weight is 247 g/mol. The maximum Gasteiger partial charge on any atom is 0.0954 e. The number of nitrogens with zero attached hydrogens (tertiary/aromatic N) is 1. The fraction of sp³-hybridized carbons (Fsp3) is 0.308. The second-order valence-corrected chi connectivity index (χ2v) is 5.15. The Hall–Kier alpha value is -1.23. The molecule has 0 saturated carbocycles. The monoisotopic (exact) mass is 247 g/mol. The fourth-order valence-electron chi connectivity index (χ4n) is 2.04. The van der Waals surface area contributed by atoms with Gasteiger partial charge in [0.05, 0.1) is 24.3 Å². The molecule has 1 aliphatic heterocycles. The Morgan fingerprint density at radius 2 is 2.24 bits per heavy atom. The van der Waals surface area contributed by atoms with Crippen molar-refractivity contribution in [2.75, 3.05) is 0 Å². The average Bonchev–Trinajstić information content (AvgIpc) is 2.97. The van der Waals surface area contributed by atoms with Crippen LogP contribution in [0.1, 0.15) is 27.8 Å². The Morgan fingerprint density at radius 3 is 3.06 bits per heavy atom. The molecule has 0 amide bonds. The molecule has 2 aromatic rings. The quantitative estimate of drug-likeness (QED) is 0.906. The highest BCUT2D eigenvalue weighted by molar-refractivity contribution is 7.09. The van der Waals surface area contributed by atoms with Crippen LogP contribution in [0.5, 0.6) is 0 Å². The zero-order valence-electron chi connectivity index (χ0n) is 9.30. The van der Waals surface area contributed by atoms with Crippen molar-refractivity contribution in [3.05, 3.63) is 51.5 Å². The largest absolute Gasteiger partial charge is 0.388 e. The van der Waals surface area contributed by atoms with Gasteiger partial charge < -0.3 is 9.84 Å². The van der Waals surface area contributed by atoms with Crippen LogP contribution in [0.2, 0.25) is 0 Å². The molecule has 2 heterocycles. The topological polar surface area (TPSA) is 42.4 Å². The van der Waals surface area contributed by atoms with E-state index >= 15 is 0 Å². The van der Waals surface area contributed by atoms with Gasteiger partial charge in [-0.1, -0.05) is 18.2 Å². The van der Waals surface area contributed by atoms with Gasteiger partial charge in [0, 0.05) is 18.0 Å². The van der Waals surface area contributed by atoms with Crippen LogP contribution in [0, 0.1) is 0 Å². The van der Waals surface area contributed by atoms with Crippen LogP contribution in [-0.4, -0.2) is 10.1 Å². The van der Waals surface area contributed by atoms with Crippen LogP contribution >= 0.6 is 11.3 Å². The number of hydrogen-bond acceptors (Lipinski definition) is 4. The number of aromatic nitrogens is 1. The Morgan fingerprint density at radius 1 is 1.35 bits per heavy atom. The minimum absolute atomic E-state index is 0.480. The predicted octanol–water partition coefficient (Wildman–Crippen LogP) is 2.45. The molecule has 4 heteroatoms. The molecule has 1 unspecified atom stereocenters. The molecule has 0 fully saturated rings. The zero-order valence-corrected chi connectivity index (χ0v) is 10.1. The molecule has 0 spiro atoms. The standard InChI is InChI=1S/C13H13NO2S/c15-12(6-13-14-3-4-17-13)9-1-2-10-7-16-8-11(10)5-9/h1-5,12,15H,6-8H2. The highest BCUT2D eigenvalue weighted by Gasteiger charge is 2.15. The van der Waals surface area contributed by atoms with Crippen molar-refractivity contribution < 1.29 is 9.84 Å². The van der Waals surface area contributed by atoms with E-state index < -0.39 is 6.10 Å². The normalized spacial score (nSPS) is 15.8. The fourth-order valence-corrected chi connectivity index (χ4v) is 2.69. The smallest absolute Gasteiger partial charge is 0.0954 e. The third-order valence-corrected chi connectivity index (χ3v) is 3.78. The van der Waals surface area contributed by atoms with Crippen LogP contribution in [0.25, 0.3) is 0 Å². The molecule has 0 bridgehead atoms. The molecule has 0 aliphatic carbocycles. The van der Waals surface area contributed by atoms with E-state index in [0.29, 0.717) is 19.6 Å². The highest BCUT2D eigenvalue weighted by atomic mass is 32.1. The number of rotatable bonds is 3. The molecule has 3 rings (SSSR count). The lowest BCUT2D eigenvalue weighted by atomic mass is 10.0. The lowest BCUT2D eigenvalue weighted by Crippen LogP contribution is -2.02. The van der Waals surface area contributed by atoms with Crippen LogP contribution in [0.4, 0.5) is 0 Å². The highest BCUT2D eigenvalue weighted by Crippen LogP contribution is 2.26. The lowest BCUT2D eigenvalue weighted by Gasteiger charge is -2.10. The molecule has 1 aromatic carbocycles. The van der Waals surface area contributed by atoms with Crippen molar-refractivity contribution in [1.82, 2.24) is 4.98 Å². The number of ether oxygens (including phenoxy) is 1. The van der Waals surface area contributed by atoms with E-state index in [4.69, 9.17) is 4.74 Å². The summed E-state index contributed by atoms with van der Waals surface area (Å²) < 4.78 is 5.36. The number of hydrogen-bond donors (Lipinski definition) is 1. The zero-order chi connectivity index (χ0) is 11.7. The summed E-state index contributed by atoms with van der Waals surface area (Å²) in [6.45, 7) is 1.35. The molecule has 0 saturated heterocycles. The van der Waals surface area contributed by atoms with Gasteiger partial charge in [0.15, 0.2) is 0 Å². The van der Waals surface area contributed by atoms with Crippen molar-refractivity contribution in [3.8, 4) is 0 Å². The van der Waals surface area contributed by atoms with Crippen molar-refractivity contribution in [1.29, 1.82) is 0 Å². The Bertz CT molecular complexity index is 510. The molecule has 88 valence electrons. The number of aliphatic hydroxyl groups excluding tert-OH is 1. The Labute approximate surface area is 104 Å². The summed E-state index contributed by atoms with van der Waals surface area (Å²) in [5.41, 5.74) is 3.38. The second kappa shape index (κ2) is 4.56. The summed E-state index contributed by atoms with van der Waals surface area (Å²) in [4.78, 5) is 4.19. The van der Waals surface area contributed by atoms with E-state index in [1.165, 1.54) is 11.1 Å². The number of aliphatic hydroxyl groups is 1. The summed E-state index contributed by atoms with van der Waals surface area (Å²) in [5, 5.41) is 13.0. The first-order chi connectivity index (χ1) is 8.33. The summed E-state index contributed by atoms with van der Waals surface area (Å²) in [7, 11) is 0. The van der Waals surface area contributed by atoms with Crippen LogP contribution in [-0.2, 0) is 24.4 Å². The van der Waals surface area contributed by atoms with Gasteiger partial charge in [-0.2, -0.15) is 0 Å². The summed E-state index contributed by atoms with van der Waals surface area (Å²) in [6, 6.07) is 6.06. The van der Waals surface area contributed by atoms with Crippen LogP contribution in [0.15, 0.2) is 29.8 Å². The SMILES string of the molecule is OC(Cc1nccs1)c1ccc2c(c1)COC2. The Balaban J connectivity index is 1.79. The molecule has 0 radical (unpaired) electrons. The van der Waals surface area contributed by atoms with Crippen molar-refractivity contribution in [2.45, 2.75) is 25.7 Å². The van der Waals surface area contributed by atoms with E-state index in [1.54, 1.807) is 17.5 Å². The first-order valence-electron chi connectivity index (χ1n) is 5.59. The van der Waals surface area contributed by atoms with E-state index in [1.807, 2.05) is 23.6 Å². The maximum atomic E-state index is 10.1. The molecule has 17 heavy (non-hydrogen) atoms. The van der Waals surface area contributed by atoms with Gasteiger partial charge in [0.1, 0.15) is 0 Å². The van der Waals surface area contributed by atoms with Crippen LogP contribution in [0.3, 0.4) is 0 Å². The van der Waals surface area contributed by atoms with Crippen molar-refractivity contribution in [3.63, 3.8) is 0 Å². The molecule has 1 aromatic heterocycles. The second-order valence-electron chi connectivity index (χ2n) is 4.17. The van der Waals surface area contributed by atoms with E-state index in [9.17, 15) is 5.11 Å². The minimum atomic E-state index is -0.480. The molecule has 1 N–H and O–H groups in total. The van der Waals surface area contributed by atoms with Gasteiger partial charge in [-0.25, -0.2) is 4.98 Å². The van der Waals surface area contributed by atoms with Crippen molar-refractivity contribution >= 4 is 11.3 Å². The molecular formula is C13H13NO2S. The Kier molecular flexibility index (Phi) is 2.93. The first kappa shape index (κ1) is 10.9. The van der Waals surface area contributed by atoms with Gasteiger partial charge in [0.25, 0.3) is 0 Å². The summed E-state index contributed by atoms with van der Waals surface area (Å²) in [5.74, 6) is 0. The first-order valence-corrected chi connectivity index (χ1v) is 6.47. The van der Waals surface area contributed by atoms with Gasteiger partial charge in [-0.05, 0) is 16.7 Å². The van der Waals surface area contributed by atoms with E-state index in [-0.39, 0.29) is 0 Å². The minimum Gasteiger partial charge on any atom is -0.388 e. The van der Waals surface area contributed by atoms with Gasteiger partial charge in [0.2, 0.25) is 0 Å².